The smallest absolute Gasteiger partial charge is 0.101 e. The third-order valence-electron chi connectivity index (χ3n) is 1.57. The molecule has 1 rings (SSSR count). The van der Waals surface area contributed by atoms with Gasteiger partial charge in [-0.15, -0.1) is 0 Å². The molecule has 0 spiro atoms. The van der Waals surface area contributed by atoms with Crippen molar-refractivity contribution in [2.75, 3.05) is 0 Å². The SMILES string of the molecule is CCc1nc(C)ccc1C#N. The van der Waals surface area contributed by atoms with Crippen molar-refractivity contribution in [3.63, 3.8) is 0 Å². The van der Waals surface area contributed by atoms with Crippen LogP contribution >= 0.6 is 0 Å². The summed E-state index contributed by atoms with van der Waals surface area (Å²) in [6.45, 7) is 3.93. The van der Waals surface area contributed by atoms with Crippen LogP contribution in [0.1, 0.15) is 23.9 Å². The third kappa shape index (κ3) is 1.56. The van der Waals surface area contributed by atoms with E-state index in [1.165, 1.54) is 0 Å². The summed E-state index contributed by atoms with van der Waals surface area (Å²) >= 11 is 0. The van der Waals surface area contributed by atoms with Crippen LogP contribution in [0.25, 0.3) is 0 Å². The highest BCUT2D eigenvalue weighted by atomic mass is 14.7. The zero-order valence-electron chi connectivity index (χ0n) is 6.76. The molecule has 1 heterocycles. The summed E-state index contributed by atoms with van der Waals surface area (Å²) < 4.78 is 0. The number of nitrogens with zero attached hydrogens (tertiary/aromatic N) is 2. The Balaban J connectivity index is 3.19. The maximum atomic E-state index is 8.65. The van der Waals surface area contributed by atoms with Crippen LogP contribution in [0.3, 0.4) is 0 Å². The fourth-order valence-electron chi connectivity index (χ4n) is 0.982. The Morgan fingerprint density at radius 3 is 2.82 bits per heavy atom. The molecule has 0 saturated carbocycles. The van der Waals surface area contributed by atoms with Crippen LogP contribution in [0.2, 0.25) is 0 Å². The summed E-state index contributed by atoms with van der Waals surface area (Å²) in [6, 6.07) is 5.79. The van der Waals surface area contributed by atoms with Crippen molar-refractivity contribution in [3.8, 4) is 6.07 Å². The largest absolute Gasteiger partial charge is 0.257 e. The van der Waals surface area contributed by atoms with E-state index in [0.29, 0.717) is 5.56 Å². The van der Waals surface area contributed by atoms with Crippen molar-refractivity contribution in [3.05, 3.63) is 29.1 Å². The first-order valence-corrected chi connectivity index (χ1v) is 3.64. The second kappa shape index (κ2) is 3.16. The minimum atomic E-state index is 0.693. The van der Waals surface area contributed by atoms with Crippen LogP contribution in [0.4, 0.5) is 0 Å². The molecule has 2 nitrogen and oxygen atoms in total. The highest BCUT2D eigenvalue weighted by molar-refractivity contribution is 5.33. The number of rotatable bonds is 1. The summed E-state index contributed by atoms with van der Waals surface area (Å²) in [7, 11) is 0. The maximum absolute atomic E-state index is 8.65. The molecule has 0 amide bonds. The van der Waals surface area contributed by atoms with Crippen molar-refractivity contribution in [2.45, 2.75) is 20.3 Å². The van der Waals surface area contributed by atoms with Crippen LogP contribution in [0.5, 0.6) is 0 Å². The predicted octanol–water partition coefficient (Wildman–Crippen LogP) is 1.82. The van der Waals surface area contributed by atoms with Gasteiger partial charge in [0.15, 0.2) is 0 Å². The topological polar surface area (TPSA) is 36.7 Å². The molecule has 0 aliphatic heterocycles. The normalized spacial score (nSPS) is 9.18. The molecule has 2 heteroatoms. The van der Waals surface area contributed by atoms with E-state index in [2.05, 4.69) is 11.1 Å². The lowest BCUT2D eigenvalue weighted by Gasteiger charge is -1.99. The van der Waals surface area contributed by atoms with Gasteiger partial charge in [-0.2, -0.15) is 5.26 Å². The monoisotopic (exact) mass is 146 g/mol. The van der Waals surface area contributed by atoms with Gasteiger partial charge < -0.3 is 0 Å². The van der Waals surface area contributed by atoms with E-state index in [0.717, 1.165) is 17.8 Å². The molecular weight excluding hydrogens is 136 g/mol. The van der Waals surface area contributed by atoms with Gasteiger partial charge in [0.05, 0.1) is 11.3 Å². The van der Waals surface area contributed by atoms with Crippen molar-refractivity contribution in [1.29, 1.82) is 5.26 Å². The van der Waals surface area contributed by atoms with Crippen LogP contribution in [0.15, 0.2) is 12.1 Å². The number of pyridine rings is 1. The molecule has 0 N–H and O–H groups in total. The first-order chi connectivity index (χ1) is 5.27. The molecule has 0 radical (unpaired) electrons. The number of aromatic nitrogens is 1. The summed E-state index contributed by atoms with van der Waals surface area (Å²) in [6.07, 6.45) is 0.824. The summed E-state index contributed by atoms with van der Waals surface area (Å²) in [4.78, 5) is 4.24. The van der Waals surface area contributed by atoms with Crippen molar-refractivity contribution in [2.24, 2.45) is 0 Å². The lowest BCUT2D eigenvalue weighted by molar-refractivity contribution is 0.996. The highest BCUT2D eigenvalue weighted by Crippen LogP contribution is 2.06. The van der Waals surface area contributed by atoms with E-state index in [-0.39, 0.29) is 0 Å². The van der Waals surface area contributed by atoms with Crippen LogP contribution in [-0.4, -0.2) is 4.98 Å². The molecule has 0 aromatic carbocycles. The molecule has 1 aromatic rings. The molecule has 1 aromatic heterocycles. The Morgan fingerprint density at radius 2 is 2.27 bits per heavy atom. The summed E-state index contributed by atoms with van der Waals surface area (Å²) in [5.74, 6) is 0. The van der Waals surface area contributed by atoms with Gasteiger partial charge in [-0.05, 0) is 25.5 Å². The van der Waals surface area contributed by atoms with E-state index < -0.39 is 0 Å². The van der Waals surface area contributed by atoms with Crippen LogP contribution < -0.4 is 0 Å². The van der Waals surface area contributed by atoms with E-state index in [4.69, 9.17) is 5.26 Å². The first-order valence-electron chi connectivity index (χ1n) is 3.64. The van der Waals surface area contributed by atoms with Crippen molar-refractivity contribution >= 4 is 0 Å². The maximum Gasteiger partial charge on any atom is 0.101 e. The molecule has 0 fully saturated rings. The standard InChI is InChI=1S/C9H10N2/c1-3-9-8(6-10)5-4-7(2)11-9/h4-5H,3H2,1-2H3. The van der Waals surface area contributed by atoms with E-state index >= 15 is 0 Å². The predicted molar refractivity (Wildman–Crippen MR) is 43.1 cm³/mol. The van der Waals surface area contributed by atoms with Crippen molar-refractivity contribution in [1.82, 2.24) is 4.98 Å². The van der Waals surface area contributed by atoms with Crippen LogP contribution in [-0.2, 0) is 6.42 Å². The minimum Gasteiger partial charge on any atom is -0.257 e. The van der Waals surface area contributed by atoms with Gasteiger partial charge in [0.25, 0.3) is 0 Å². The zero-order valence-corrected chi connectivity index (χ0v) is 6.76. The molecule has 56 valence electrons. The molecular formula is C9H10N2. The Kier molecular flexibility index (Phi) is 2.22. The van der Waals surface area contributed by atoms with E-state index in [1.807, 2.05) is 26.0 Å². The first kappa shape index (κ1) is 7.74. The fraction of sp³-hybridized carbons (Fsp3) is 0.333. The summed E-state index contributed by atoms with van der Waals surface area (Å²) in [5, 5.41) is 8.65. The Morgan fingerprint density at radius 1 is 1.55 bits per heavy atom. The quantitative estimate of drug-likeness (QED) is 0.606. The van der Waals surface area contributed by atoms with Gasteiger partial charge in [-0.3, -0.25) is 4.98 Å². The average molecular weight is 146 g/mol. The van der Waals surface area contributed by atoms with Gasteiger partial charge in [0.1, 0.15) is 6.07 Å². The zero-order chi connectivity index (χ0) is 8.27. The molecule has 0 unspecified atom stereocenters. The number of hydrogen-bond acceptors (Lipinski definition) is 2. The average Bonchev–Trinajstić information content (AvgIpc) is 2.04. The van der Waals surface area contributed by atoms with E-state index in [9.17, 15) is 0 Å². The fourth-order valence-corrected chi connectivity index (χ4v) is 0.982. The number of aryl methyl sites for hydroxylation is 2. The van der Waals surface area contributed by atoms with Gasteiger partial charge >= 0.3 is 0 Å². The highest BCUT2D eigenvalue weighted by Gasteiger charge is 1.99. The second-order valence-corrected chi connectivity index (χ2v) is 2.41. The van der Waals surface area contributed by atoms with Crippen molar-refractivity contribution < 1.29 is 0 Å². The Bertz CT molecular complexity index is 297. The van der Waals surface area contributed by atoms with Gasteiger partial charge in [0, 0.05) is 5.69 Å². The number of hydrogen-bond donors (Lipinski definition) is 0. The Hall–Kier alpha value is -1.36. The Labute approximate surface area is 66.5 Å². The lowest BCUT2D eigenvalue weighted by atomic mass is 10.1. The second-order valence-electron chi connectivity index (χ2n) is 2.41. The van der Waals surface area contributed by atoms with Gasteiger partial charge in [-0.25, -0.2) is 0 Å². The molecule has 11 heavy (non-hydrogen) atoms. The molecule has 0 saturated heterocycles. The molecule has 0 bridgehead atoms. The third-order valence-corrected chi connectivity index (χ3v) is 1.57. The van der Waals surface area contributed by atoms with E-state index in [1.54, 1.807) is 0 Å². The molecule has 0 aliphatic rings. The lowest BCUT2D eigenvalue weighted by Crippen LogP contribution is -1.93. The van der Waals surface area contributed by atoms with Gasteiger partial charge in [-0.1, -0.05) is 6.92 Å². The van der Waals surface area contributed by atoms with Crippen LogP contribution in [0, 0.1) is 18.3 Å². The summed E-state index contributed by atoms with van der Waals surface area (Å²) in [5.41, 5.74) is 2.56. The minimum absolute atomic E-state index is 0.693. The van der Waals surface area contributed by atoms with Gasteiger partial charge in [0.2, 0.25) is 0 Å². The molecule has 0 aliphatic carbocycles. The molecule has 0 atom stereocenters. The number of nitriles is 1.